The van der Waals surface area contributed by atoms with Gasteiger partial charge in [-0.1, -0.05) is 13.0 Å². The van der Waals surface area contributed by atoms with Crippen LogP contribution in [-0.4, -0.2) is 24.2 Å². The molecule has 86 valence electrons. The molecule has 0 bridgehead atoms. The minimum absolute atomic E-state index is 0.000926. The van der Waals surface area contributed by atoms with Crippen LogP contribution in [0.15, 0.2) is 23.1 Å². The van der Waals surface area contributed by atoms with E-state index in [4.69, 9.17) is 5.73 Å². The zero-order valence-electron chi connectivity index (χ0n) is 9.56. The van der Waals surface area contributed by atoms with Crippen molar-refractivity contribution in [2.75, 3.05) is 18.0 Å². The average Bonchev–Trinajstić information content (AvgIpc) is 2.27. The molecule has 4 heteroatoms. The molecule has 0 spiro atoms. The summed E-state index contributed by atoms with van der Waals surface area (Å²) < 4.78 is 0. The Morgan fingerprint density at radius 2 is 2.38 bits per heavy atom. The smallest absolute Gasteiger partial charge is 0.240 e. The molecule has 0 aromatic heterocycles. The number of hydrogen-bond acceptors (Lipinski definition) is 3. The van der Waals surface area contributed by atoms with Gasteiger partial charge in [0, 0.05) is 16.7 Å². The van der Waals surface area contributed by atoms with E-state index in [-0.39, 0.29) is 12.5 Å². The number of fused-ring (bicyclic) bond motifs is 1. The Morgan fingerprint density at radius 3 is 3.06 bits per heavy atom. The summed E-state index contributed by atoms with van der Waals surface area (Å²) in [5.74, 6) is -0.000926. The number of thioether (sulfide) groups is 1. The molecule has 16 heavy (non-hydrogen) atoms. The number of rotatable bonds is 1. The van der Waals surface area contributed by atoms with Crippen molar-refractivity contribution in [3.63, 3.8) is 0 Å². The van der Waals surface area contributed by atoms with Crippen LogP contribution in [0.4, 0.5) is 5.69 Å². The molecule has 1 unspecified atom stereocenters. The molecule has 1 atom stereocenters. The van der Waals surface area contributed by atoms with Crippen LogP contribution in [0.25, 0.3) is 0 Å². The topological polar surface area (TPSA) is 46.3 Å². The van der Waals surface area contributed by atoms with Crippen LogP contribution < -0.4 is 10.6 Å². The van der Waals surface area contributed by atoms with Crippen molar-refractivity contribution in [1.29, 1.82) is 0 Å². The Hall–Kier alpha value is -1.000. The third-order valence-corrected chi connectivity index (χ3v) is 3.80. The molecule has 1 aromatic carbocycles. The normalized spacial score (nSPS) is 19.4. The molecule has 1 aliphatic rings. The summed E-state index contributed by atoms with van der Waals surface area (Å²) in [4.78, 5) is 14.8. The lowest BCUT2D eigenvalue weighted by atomic mass is 10.2. The van der Waals surface area contributed by atoms with E-state index >= 15 is 0 Å². The molecule has 1 aromatic rings. The van der Waals surface area contributed by atoms with Crippen molar-refractivity contribution in [2.24, 2.45) is 5.73 Å². The second-order valence-corrected chi connectivity index (χ2v) is 5.59. The number of hydrogen-bond donors (Lipinski definition) is 1. The van der Waals surface area contributed by atoms with E-state index in [1.807, 2.05) is 23.6 Å². The van der Waals surface area contributed by atoms with Crippen LogP contribution >= 0.6 is 11.8 Å². The summed E-state index contributed by atoms with van der Waals surface area (Å²) in [7, 11) is 0. The zero-order valence-corrected chi connectivity index (χ0v) is 10.4. The number of carbonyl (C=O) groups is 1. The van der Waals surface area contributed by atoms with Gasteiger partial charge in [-0.3, -0.25) is 4.79 Å². The average molecular weight is 236 g/mol. The third-order valence-electron chi connectivity index (χ3n) is 2.65. The van der Waals surface area contributed by atoms with Gasteiger partial charge in [-0.2, -0.15) is 0 Å². The fourth-order valence-electron chi connectivity index (χ4n) is 1.89. The summed E-state index contributed by atoms with van der Waals surface area (Å²) in [6, 6.07) is 6.22. The fraction of sp³-hybridized carbons (Fsp3) is 0.417. The van der Waals surface area contributed by atoms with Gasteiger partial charge < -0.3 is 10.6 Å². The van der Waals surface area contributed by atoms with Gasteiger partial charge in [-0.05, 0) is 24.6 Å². The molecular formula is C12H16N2OS. The maximum atomic E-state index is 11.8. The minimum Gasteiger partial charge on any atom is -0.322 e. The lowest BCUT2D eigenvalue weighted by molar-refractivity contribution is -0.117. The molecule has 0 saturated carbocycles. The largest absolute Gasteiger partial charge is 0.322 e. The molecule has 0 aliphatic carbocycles. The highest BCUT2D eigenvalue weighted by Crippen LogP contribution is 2.38. The molecule has 0 fully saturated rings. The van der Waals surface area contributed by atoms with Crippen LogP contribution in [0.1, 0.15) is 12.5 Å². The Kier molecular flexibility index (Phi) is 3.21. The first-order valence-corrected chi connectivity index (χ1v) is 6.27. The van der Waals surface area contributed by atoms with Crippen molar-refractivity contribution in [3.05, 3.63) is 23.8 Å². The predicted octanol–water partition coefficient (Wildman–Crippen LogP) is 1.78. The summed E-state index contributed by atoms with van der Waals surface area (Å²) in [6.45, 7) is 4.99. The lowest BCUT2D eigenvalue weighted by Gasteiger charge is -2.32. The van der Waals surface area contributed by atoms with Gasteiger partial charge in [0.1, 0.15) is 0 Å². The number of aryl methyl sites for hydroxylation is 1. The lowest BCUT2D eigenvalue weighted by Crippen LogP contribution is -2.41. The molecule has 2 N–H and O–H groups in total. The Balaban J connectivity index is 2.43. The summed E-state index contributed by atoms with van der Waals surface area (Å²) in [5.41, 5.74) is 7.63. The van der Waals surface area contributed by atoms with Crippen molar-refractivity contribution in [1.82, 2.24) is 0 Å². The maximum Gasteiger partial charge on any atom is 0.240 e. The van der Waals surface area contributed by atoms with E-state index in [9.17, 15) is 4.79 Å². The van der Waals surface area contributed by atoms with Gasteiger partial charge in [0.05, 0.1) is 12.2 Å². The van der Waals surface area contributed by atoms with E-state index in [2.05, 4.69) is 25.1 Å². The highest BCUT2D eigenvalue weighted by molar-refractivity contribution is 8.00. The van der Waals surface area contributed by atoms with E-state index in [0.717, 1.165) is 12.2 Å². The van der Waals surface area contributed by atoms with Crippen molar-refractivity contribution >= 4 is 23.4 Å². The second-order valence-electron chi connectivity index (χ2n) is 4.11. The molecule has 1 aliphatic heterocycles. The number of carbonyl (C=O) groups excluding carboxylic acids is 1. The zero-order chi connectivity index (χ0) is 11.7. The molecule has 3 nitrogen and oxygen atoms in total. The van der Waals surface area contributed by atoms with Crippen LogP contribution in [0.3, 0.4) is 0 Å². The van der Waals surface area contributed by atoms with Crippen molar-refractivity contribution in [3.8, 4) is 0 Å². The van der Waals surface area contributed by atoms with Gasteiger partial charge in [0.15, 0.2) is 0 Å². The quantitative estimate of drug-likeness (QED) is 0.808. The summed E-state index contributed by atoms with van der Waals surface area (Å²) >= 11 is 1.82. The van der Waals surface area contributed by atoms with E-state index < -0.39 is 0 Å². The molecule has 2 rings (SSSR count). The van der Waals surface area contributed by atoms with Gasteiger partial charge in [-0.15, -0.1) is 11.8 Å². The van der Waals surface area contributed by atoms with Gasteiger partial charge in [0.25, 0.3) is 0 Å². The van der Waals surface area contributed by atoms with Gasteiger partial charge >= 0.3 is 0 Å². The molecular weight excluding hydrogens is 220 g/mol. The van der Waals surface area contributed by atoms with Crippen LogP contribution in [-0.2, 0) is 4.79 Å². The van der Waals surface area contributed by atoms with Crippen LogP contribution in [0, 0.1) is 6.92 Å². The van der Waals surface area contributed by atoms with E-state index in [1.54, 1.807) is 0 Å². The molecule has 0 saturated heterocycles. The molecule has 1 heterocycles. The first-order chi connectivity index (χ1) is 7.61. The van der Waals surface area contributed by atoms with Gasteiger partial charge in [0.2, 0.25) is 5.91 Å². The summed E-state index contributed by atoms with van der Waals surface area (Å²) in [5, 5.41) is 0.422. The van der Waals surface area contributed by atoms with E-state index in [0.29, 0.717) is 5.25 Å². The van der Waals surface area contributed by atoms with Gasteiger partial charge in [-0.25, -0.2) is 0 Å². The molecule has 1 amide bonds. The number of anilines is 1. The number of benzene rings is 1. The minimum atomic E-state index is -0.000926. The SMILES string of the molecule is Cc1ccc2c(c1)N(C(=O)CN)CC(C)S2. The first-order valence-electron chi connectivity index (χ1n) is 5.39. The highest BCUT2D eigenvalue weighted by atomic mass is 32.2. The van der Waals surface area contributed by atoms with Crippen LogP contribution in [0.5, 0.6) is 0 Å². The number of nitrogens with two attached hydrogens (primary N) is 1. The Morgan fingerprint density at radius 1 is 1.62 bits per heavy atom. The number of nitrogens with zero attached hydrogens (tertiary/aromatic N) is 1. The Bertz CT molecular complexity index is 419. The standard InChI is InChI=1S/C12H16N2OS/c1-8-3-4-11-10(5-8)14(12(15)6-13)7-9(2)16-11/h3-5,9H,6-7,13H2,1-2H3. The van der Waals surface area contributed by atoms with Crippen molar-refractivity contribution in [2.45, 2.75) is 24.0 Å². The predicted molar refractivity (Wildman–Crippen MR) is 67.9 cm³/mol. The maximum absolute atomic E-state index is 11.8. The third kappa shape index (κ3) is 2.08. The number of amides is 1. The van der Waals surface area contributed by atoms with Crippen molar-refractivity contribution < 1.29 is 4.79 Å². The van der Waals surface area contributed by atoms with Crippen LogP contribution in [0.2, 0.25) is 0 Å². The van der Waals surface area contributed by atoms with E-state index in [1.165, 1.54) is 10.5 Å². The Labute approximate surface area is 100.0 Å². The highest BCUT2D eigenvalue weighted by Gasteiger charge is 2.25. The molecule has 0 radical (unpaired) electrons. The monoisotopic (exact) mass is 236 g/mol. The first kappa shape index (κ1) is 11.5. The fourth-order valence-corrected chi connectivity index (χ4v) is 2.99. The summed E-state index contributed by atoms with van der Waals surface area (Å²) in [6.07, 6.45) is 0. The second kappa shape index (κ2) is 4.47.